The minimum absolute atomic E-state index is 0.305. The molecule has 54 valence electrons. The summed E-state index contributed by atoms with van der Waals surface area (Å²) < 4.78 is 0. The maximum absolute atomic E-state index is 8.46. The van der Waals surface area contributed by atoms with E-state index < -0.39 is 0 Å². The first kappa shape index (κ1) is 7.79. The van der Waals surface area contributed by atoms with E-state index >= 15 is 0 Å². The number of hydrogen-bond acceptors (Lipinski definition) is 3. The molecule has 0 fully saturated rings. The van der Waals surface area contributed by atoms with Crippen molar-refractivity contribution in [3.8, 4) is 24.0 Å². The summed E-state index contributed by atoms with van der Waals surface area (Å²) in [7, 11) is 0. The molecule has 0 N–H and O–H groups in total. The zero-order chi connectivity index (χ0) is 8.81. The fourth-order valence-electron chi connectivity index (χ4n) is 0.659. The Morgan fingerprint density at radius 2 is 1.92 bits per heavy atom. The highest BCUT2D eigenvalue weighted by molar-refractivity contribution is 5.35. The highest BCUT2D eigenvalue weighted by Gasteiger charge is 1.91. The van der Waals surface area contributed by atoms with Gasteiger partial charge in [-0.2, -0.15) is 10.5 Å². The van der Waals surface area contributed by atoms with Crippen molar-refractivity contribution in [2.24, 2.45) is 0 Å². The molecule has 1 aromatic rings. The third-order valence-electron chi connectivity index (χ3n) is 1.11. The van der Waals surface area contributed by atoms with Gasteiger partial charge in [-0.1, -0.05) is 6.07 Å². The van der Waals surface area contributed by atoms with Gasteiger partial charge < -0.3 is 0 Å². The SMILES string of the molecule is N#CC#Cc1cccc(C#N)n1. The molecule has 1 heterocycles. The molecule has 0 aliphatic carbocycles. The Morgan fingerprint density at radius 1 is 1.17 bits per heavy atom. The summed E-state index contributed by atoms with van der Waals surface area (Å²) in [5.41, 5.74) is 0.746. The minimum Gasteiger partial charge on any atom is -0.229 e. The van der Waals surface area contributed by atoms with Crippen molar-refractivity contribution in [3.05, 3.63) is 29.6 Å². The highest BCUT2D eigenvalue weighted by atomic mass is 14.7. The molecule has 0 aliphatic rings. The van der Waals surface area contributed by atoms with Crippen LogP contribution < -0.4 is 0 Å². The van der Waals surface area contributed by atoms with E-state index in [-0.39, 0.29) is 0 Å². The monoisotopic (exact) mass is 153 g/mol. The molecule has 3 nitrogen and oxygen atoms in total. The summed E-state index contributed by atoms with van der Waals surface area (Å²) in [6.07, 6.45) is 0. The Kier molecular flexibility index (Phi) is 2.44. The van der Waals surface area contributed by atoms with E-state index in [1.165, 1.54) is 0 Å². The first-order valence-corrected chi connectivity index (χ1v) is 3.14. The van der Waals surface area contributed by atoms with E-state index in [1.807, 2.05) is 6.07 Å². The van der Waals surface area contributed by atoms with E-state index in [0.29, 0.717) is 11.4 Å². The van der Waals surface area contributed by atoms with Gasteiger partial charge in [0.05, 0.1) is 0 Å². The van der Waals surface area contributed by atoms with Crippen molar-refractivity contribution >= 4 is 0 Å². The largest absolute Gasteiger partial charge is 0.229 e. The van der Waals surface area contributed by atoms with Gasteiger partial charge in [0.25, 0.3) is 0 Å². The van der Waals surface area contributed by atoms with E-state index in [1.54, 1.807) is 24.3 Å². The lowest BCUT2D eigenvalue weighted by Gasteiger charge is -1.87. The van der Waals surface area contributed by atoms with Gasteiger partial charge in [0.1, 0.15) is 17.5 Å². The molecule has 0 saturated carbocycles. The van der Waals surface area contributed by atoms with Crippen LogP contribution in [0.15, 0.2) is 18.2 Å². The van der Waals surface area contributed by atoms with E-state index in [9.17, 15) is 0 Å². The van der Waals surface area contributed by atoms with Crippen LogP contribution in [0.4, 0.5) is 0 Å². The molecule has 0 aliphatic heterocycles. The molecule has 0 aromatic carbocycles. The topological polar surface area (TPSA) is 60.5 Å². The van der Waals surface area contributed by atoms with Crippen LogP contribution in [0.2, 0.25) is 0 Å². The molecule has 0 spiro atoms. The van der Waals surface area contributed by atoms with Crippen molar-refractivity contribution < 1.29 is 0 Å². The molecule has 0 saturated heterocycles. The predicted molar refractivity (Wildman–Crippen MR) is 41.4 cm³/mol. The van der Waals surface area contributed by atoms with E-state index in [2.05, 4.69) is 16.8 Å². The predicted octanol–water partition coefficient (Wildman–Crippen LogP) is 0.828. The second-order valence-corrected chi connectivity index (χ2v) is 1.88. The fourth-order valence-corrected chi connectivity index (χ4v) is 0.659. The molecule has 0 atom stereocenters. The third-order valence-corrected chi connectivity index (χ3v) is 1.11. The lowest BCUT2D eigenvalue weighted by atomic mass is 10.3. The molecule has 1 aromatic heterocycles. The number of aromatic nitrogens is 1. The van der Waals surface area contributed by atoms with Crippen LogP contribution in [0.3, 0.4) is 0 Å². The Labute approximate surface area is 69.9 Å². The zero-order valence-corrected chi connectivity index (χ0v) is 6.07. The van der Waals surface area contributed by atoms with Gasteiger partial charge in [-0.05, 0) is 18.1 Å². The number of hydrogen-bond donors (Lipinski definition) is 0. The van der Waals surface area contributed by atoms with Crippen molar-refractivity contribution in [3.63, 3.8) is 0 Å². The zero-order valence-electron chi connectivity index (χ0n) is 6.07. The minimum atomic E-state index is 0.305. The van der Waals surface area contributed by atoms with Gasteiger partial charge in [0.2, 0.25) is 0 Å². The molecule has 0 amide bonds. The summed E-state index contributed by atoms with van der Waals surface area (Å²) in [6, 6.07) is 8.45. The van der Waals surface area contributed by atoms with Gasteiger partial charge in [0.15, 0.2) is 6.07 Å². The van der Waals surface area contributed by atoms with Gasteiger partial charge >= 0.3 is 0 Å². The molecule has 0 unspecified atom stereocenters. The quantitative estimate of drug-likeness (QED) is 0.518. The van der Waals surface area contributed by atoms with Gasteiger partial charge in [0, 0.05) is 5.92 Å². The van der Waals surface area contributed by atoms with Crippen LogP contribution in [0.5, 0.6) is 0 Å². The number of pyridine rings is 1. The third kappa shape index (κ3) is 1.84. The van der Waals surface area contributed by atoms with E-state index in [4.69, 9.17) is 10.5 Å². The molecular formula is C9H3N3. The second kappa shape index (κ2) is 3.76. The molecule has 0 radical (unpaired) electrons. The molecule has 3 heteroatoms. The number of rotatable bonds is 0. The summed E-state index contributed by atoms with van der Waals surface area (Å²) in [6.45, 7) is 0. The van der Waals surface area contributed by atoms with Crippen molar-refractivity contribution in [2.45, 2.75) is 0 Å². The number of nitrogens with zero attached hydrogens (tertiary/aromatic N) is 3. The fraction of sp³-hybridized carbons (Fsp3) is 0. The van der Waals surface area contributed by atoms with Crippen LogP contribution in [-0.2, 0) is 0 Å². The molecule has 0 bridgehead atoms. The lowest BCUT2D eigenvalue weighted by molar-refractivity contribution is 1.23. The van der Waals surface area contributed by atoms with Crippen LogP contribution in [0.25, 0.3) is 0 Å². The van der Waals surface area contributed by atoms with Crippen LogP contribution in [0.1, 0.15) is 11.4 Å². The van der Waals surface area contributed by atoms with Crippen molar-refractivity contribution in [1.29, 1.82) is 10.5 Å². The van der Waals surface area contributed by atoms with Crippen molar-refractivity contribution in [2.75, 3.05) is 0 Å². The van der Waals surface area contributed by atoms with Crippen LogP contribution >= 0.6 is 0 Å². The first-order valence-electron chi connectivity index (χ1n) is 3.14. The highest BCUT2D eigenvalue weighted by Crippen LogP contribution is 1.95. The molecular weight excluding hydrogens is 150 g/mol. The standard InChI is InChI=1S/C9H3N3/c10-6-2-5-8-3-1-4-9(7-11)12-8/h1,3-4H. The summed E-state index contributed by atoms with van der Waals surface area (Å²) >= 11 is 0. The Morgan fingerprint density at radius 3 is 2.58 bits per heavy atom. The summed E-state index contributed by atoms with van der Waals surface area (Å²) in [5, 5.41) is 16.6. The number of nitriles is 2. The summed E-state index contributed by atoms with van der Waals surface area (Å²) in [5.74, 6) is 4.70. The average molecular weight is 153 g/mol. The Hall–Kier alpha value is -2.31. The maximum atomic E-state index is 8.46. The average Bonchev–Trinajstić information content (AvgIpc) is 2.15. The lowest BCUT2D eigenvalue weighted by Crippen LogP contribution is -1.85. The maximum Gasteiger partial charge on any atom is 0.152 e. The van der Waals surface area contributed by atoms with Gasteiger partial charge in [-0.25, -0.2) is 4.98 Å². The van der Waals surface area contributed by atoms with Gasteiger partial charge in [-0.15, -0.1) is 0 Å². The van der Waals surface area contributed by atoms with Crippen LogP contribution in [-0.4, -0.2) is 4.98 Å². The first-order chi connectivity index (χ1) is 5.86. The van der Waals surface area contributed by atoms with Crippen molar-refractivity contribution in [1.82, 2.24) is 4.98 Å². The molecule has 12 heavy (non-hydrogen) atoms. The second-order valence-electron chi connectivity index (χ2n) is 1.88. The Bertz CT molecular complexity index is 424. The smallest absolute Gasteiger partial charge is 0.152 e. The normalized spacial score (nSPS) is 7.17. The van der Waals surface area contributed by atoms with E-state index in [0.717, 1.165) is 0 Å². The Balaban J connectivity index is 3.06. The summed E-state index contributed by atoms with van der Waals surface area (Å²) in [4.78, 5) is 3.84. The van der Waals surface area contributed by atoms with Crippen LogP contribution in [0, 0.1) is 34.5 Å². The van der Waals surface area contributed by atoms with Gasteiger partial charge in [-0.3, -0.25) is 0 Å². The molecule has 1 rings (SSSR count).